The molecule has 0 amide bonds. The van der Waals surface area contributed by atoms with Crippen LogP contribution < -0.4 is 10.4 Å². The Morgan fingerprint density at radius 2 is 1.58 bits per heavy atom. The molecule has 136 valence electrons. The standard InChI is InChI=1S/C21H25NO3Si/c1-21(2,3)26(18-10-6-4-7-11-18,19-12-8-5-9-13-19)25-16-17-15-24-20(23)14-22-17/h4-14,17H,15-16H2,1-3H3/t17-/m1/s1. The number of rotatable bonds is 5. The molecule has 3 rings (SSSR count). The topological polar surface area (TPSA) is 47.9 Å². The number of carbonyl (C=O) groups is 1. The zero-order chi connectivity index (χ0) is 18.6. The summed E-state index contributed by atoms with van der Waals surface area (Å²) >= 11 is 0. The molecule has 1 heterocycles. The molecule has 0 unspecified atom stereocenters. The molecule has 2 aromatic rings. The van der Waals surface area contributed by atoms with Crippen molar-refractivity contribution in [2.45, 2.75) is 31.9 Å². The molecule has 0 N–H and O–H groups in total. The summed E-state index contributed by atoms with van der Waals surface area (Å²) in [5.41, 5.74) is 0. The Labute approximate surface area is 156 Å². The zero-order valence-corrected chi connectivity index (χ0v) is 16.5. The summed E-state index contributed by atoms with van der Waals surface area (Å²) in [5.74, 6) is -0.383. The predicted octanol–water partition coefficient (Wildman–Crippen LogP) is 2.56. The average molecular weight is 368 g/mol. The summed E-state index contributed by atoms with van der Waals surface area (Å²) in [7, 11) is -2.56. The normalized spacial score (nSPS) is 17.8. The fourth-order valence-corrected chi connectivity index (χ4v) is 8.10. The van der Waals surface area contributed by atoms with Crippen LogP contribution in [0.5, 0.6) is 0 Å². The van der Waals surface area contributed by atoms with Crippen LogP contribution in [-0.4, -0.2) is 39.8 Å². The third kappa shape index (κ3) is 3.64. The molecule has 0 bridgehead atoms. The van der Waals surface area contributed by atoms with Crippen LogP contribution in [0.4, 0.5) is 0 Å². The molecule has 1 aliphatic rings. The maximum atomic E-state index is 11.2. The van der Waals surface area contributed by atoms with E-state index in [0.717, 1.165) is 0 Å². The predicted molar refractivity (Wildman–Crippen MR) is 107 cm³/mol. The van der Waals surface area contributed by atoms with Crippen molar-refractivity contribution >= 4 is 30.9 Å². The van der Waals surface area contributed by atoms with Crippen molar-refractivity contribution < 1.29 is 14.0 Å². The molecule has 4 nitrogen and oxygen atoms in total. The lowest BCUT2D eigenvalue weighted by molar-refractivity contribution is -0.136. The van der Waals surface area contributed by atoms with Crippen molar-refractivity contribution in [3.05, 3.63) is 60.7 Å². The van der Waals surface area contributed by atoms with E-state index in [1.165, 1.54) is 16.6 Å². The first-order valence-electron chi connectivity index (χ1n) is 8.88. The molecule has 26 heavy (non-hydrogen) atoms. The lowest BCUT2D eigenvalue weighted by Crippen LogP contribution is -2.67. The lowest BCUT2D eigenvalue weighted by atomic mass is 10.2. The second kappa shape index (κ2) is 7.56. The molecule has 0 aliphatic carbocycles. The van der Waals surface area contributed by atoms with Crippen molar-refractivity contribution in [2.75, 3.05) is 13.2 Å². The van der Waals surface area contributed by atoms with E-state index in [2.05, 4.69) is 74.3 Å². The number of hydrogen-bond acceptors (Lipinski definition) is 4. The second-order valence-corrected chi connectivity index (χ2v) is 11.8. The van der Waals surface area contributed by atoms with Crippen LogP contribution in [0.2, 0.25) is 5.04 Å². The van der Waals surface area contributed by atoms with Gasteiger partial charge in [0.05, 0.1) is 6.61 Å². The van der Waals surface area contributed by atoms with E-state index in [0.29, 0.717) is 6.61 Å². The summed E-state index contributed by atoms with van der Waals surface area (Å²) in [4.78, 5) is 15.5. The van der Waals surface area contributed by atoms with Crippen molar-refractivity contribution in [3.8, 4) is 0 Å². The molecule has 0 fully saturated rings. The Hall–Kier alpha value is -2.24. The summed E-state index contributed by atoms with van der Waals surface area (Å²) < 4.78 is 11.9. The number of hydrogen-bond donors (Lipinski definition) is 0. The van der Waals surface area contributed by atoms with Gasteiger partial charge in [0.1, 0.15) is 18.9 Å². The molecule has 1 atom stereocenters. The largest absolute Gasteiger partial charge is 0.459 e. The third-order valence-corrected chi connectivity index (χ3v) is 9.72. The first-order valence-corrected chi connectivity index (χ1v) is 10.8. The van der Waals surface area contributed by atoms with E-state index < -0.39 is 8.32 Å². The Kier molecular flexibility index (Phi) is 5.39. The van der Waals surface area contributed by atoms with Crippen LogP contribution >= 0.6 is 0 Å². The Balaban J connectivity index is 2.03. The Morgan fingerprint density at radius 3 is 2.00 bits per heavy atom. The monoisotopic (exact) mass is 367 g/mol. The van der Waals surface area contributed by atoms with Gasteiger partial charge in [-0.25, -0.2) is 4.79 Å². The Bertz CT molecular complexity index is 729. The van der Waals surface area contributed by atoms with E-state index in [9.17, 15) is 4.79 Å². The van der Waals surface area contributed by atoms with Crippen LogP contribution in [0.3, 0.4) is 0 Å². The van der Waals surface area contributed by atoms with Crippen molar-refractivity contribution in [1.82, 2.24) is 0 Å². The number of cyclic esters (lactones) is 1. The molecule has 0 saturated carbocycles. The van der Waals surface area contributed by atoms with Crippen LogP contribution in [0.25, 0.3) is 0 Å². The van der Waals surface area contributed by atoms with E-state index in [1.807, 2.05) is 12.1 Å². The van der Waals surface area contributed by atoms with Gasteiger partial charge in [0.15, 0.2) is 0 Å². The highest BCUT2D eigenvalue weighted by atomic mass is 28.4. The maximum absolute atomic E-state index is 11.2. The fraction of sp³-hybridized carbons (Fsp3) is 0.333. The van der Waals surface area contributed by atoms with Crippen LogP contribution in [0, 0.1) is 0 Å². The lowest BCUT2D eigenvalue weighted by Gasteiger charge is -2.43. The molecular weight excluding hydrogens is 342 g/mol. The van der Waals surface area contributed by atoms with E-state index in [-0.39, 0.29) is 23.7 Å². The summed E-state index contributed by atoms with van der Waals surface area (Å²) in [6.07, 6.45) is 1.25. The van der Waals surface area contributed by atoms with Gasteiger partial charge in [0.2, 0.25) is 0 Å². The van der Waals surface area contributed by atoms with Gasteiger partial charge in [0.25, 0.3) is 8.32 Å². The fourth-order valence-electron chi connectivity index (χ4n) is 3.50. The molecular formula is C21H25NO3Si. The van der Waals surface area contributed by atoms with E-state index in [4.69, 9.17) is 9.16 Å². The molecule has 0 aromatic heterocycles. The highest BCUT2D eigenvalue weighted by Gasteiger charge is 2.50. The zero-order valence-electron chi connectivity index (χ0n) is 15.5. The van der Waals surface area contributed by atoms with Gasteiger partial charge in [-0.2, -0.15) is 0 Å². The van der Waals surface area contributed by atoms with Crippen LogP contribution in [0.1, 0.15) is 20.8 Å². The smallest absolute Gasteiger partial charge is 0.349 e. The molecule has 1 aliphatic heterocycles. The molecule has 0 saturated heterocycles. The van der Waals surface area contributed by atoms with Gasteiger partial charge < -0.3 is 9.16 Å². The number of esters is 1. The quantitative estimate of drug-likeness (QED) is 0.603. The maximum Gasteiger partial charge on any atom is 0.349 e. The van der Waals surface area contributed by atoms with Gasteiger partial charge in [-0.15, -0.1) is 0 Å². The molecule has 0 spiro atoms. The first-order chi connectivity index (χ1) is 12.4. The summed E-state index contributed by atoms with van der Waals surface area (Å²) in [5, 5.41) is 2.39. The molecule has 0 radical (unpaired) electrons. The number of nitrogens with zero attached hydrogens (tertiary/aromatic N) is 1. The van der Waals surface area contributed by atoms with Gasteiger partial charge in [0, 0.05) is 0 Å². The number of benzene rings is 2. The van der Waals surface area contributed by atoms with Crippen molar-refractivity contribution in [2.24, 2.45) is 4.99 Å². The summed E-state index contributed by atoms with van der Waals surface area (Å²) in [6, 6.07) is 20.8. The minimum atomic E-state index is -2.56. The van der Waals surface area contributed by atoms with E-state index in [1.54, 1.807) is 0 Å². The van der Waals surface area contributed by atoms with Gasteiger partial charge >= 0.3 is 5.97 Å². The summed E-state index contributed by atoms with van der Waals surface area (Å²) in [6.45, 7) is 7.42. The van der Waals surface area contributed by atoms with Crippen LogP contribution in [-0.2, 0) is 14.0 Å². The minimum absolute atomic E-state index is 0.0786. The van der Waals surface area contributed by atoms with Gasteiger partial charge in [-0.1, -0.05) is 81.4 Å². The number of carbonyl (C=O) groups excluding carboxylic acids is 1. The van der Waals surface area contributed by atoms with Crippen molar-refractivity contribution in [3.63, 3.8) is 0 Å². The van der Waals surface area contributed by atoms with Gasteiger partial charge in [-0.3, -0.25) is 4.99 Å². The SMILES string of the molecule is CC(C)(C)[Si](OC[C@H]1COC(=O)C=N1)(c1ccccc1)c1ccccc1. The third-order valence-electron chi connectivity index (χ3n) is 4.72. The highest BCUT2D eigenvalue weighted by Crippen LogP contribution is 2.36. The highest BCUT2D eigenvalue weighted by molar-refractivity contribution is 6.99. The van der Waals surface area contributed by atoms with Crippen LogP contribution in [0.15, 0.2) is 65.7 Å². The first kappa shape index (κ1) is 18.5. The second-order valence-electron chi connectivity index (χ2n) is 7.54. The average Bonchev–Trinajstić information content (AvgIpc) is 2.64. The molecule has 2 aromatic carbocycles. The van der Waals surface area contributed by atoms with E-state index >= 15 is 0 Å². The van der Waals surface area contributed by atoms with Crippen molar-refractivity contribution in [1.29, 1.82) is 0 Å². The number of ether oxygens (including phenoxy) is 1. The Morgan fingerprint density at radius 1 is 1.04 bits per heavy atom. The number of aliphatic imine (C=N–C) groups is 1. The molecule has 5 heteroatoms. The van der Waals surface area contributed by atoms with Gasteiger partial charge in [-0.05, 0) is 15.4 Å². The minimum Gasteiger partial charge on any atom is -0.459 e.